The van der Waals surface area contributed by atoms with Gasteiger partial charge in [-0.05, 0) is 141 Å². The quantitative estimate of drug-likeness (QED) is 0.0342. The zero-order valence-corrected chi connectivity index (χ0v) is 47.1. The maximum absolute atomic E-state index is 13.1. The Morgan fingerprint density at radius 1 is 0.802 bits per heavy atom. The number of nitrogens with one attached hydrogen (secondary N) is 1. The van der Waals surface area contributed by atoms with Gasteiger partial charge in [-0.3, -0.25) is 19.0 Å². The second kappa shape index (κ2) is 26.7. The number of aromatic nitrogens is 4. The molecule has 408 valence electrons. The number of thiophene rings is 1. The molecule has 0 aliphatic carbocycles. The topological polar surface area (TPSA) is 189 Å². The van der Waals surface area contributed by atoms with E-state index in [0.29, 0.717) is 73.3 Å². The first-order chi connectivity index (χ1) is 39.0. The Kier molecular flexibility index (Phi) is 19.1. The van der Waals surface area contributed by atoms with Gasteiger partial charge in [-0.2, -0.15) is 0 Å². The van der Waals surface area contributed by atoms with Crippen LogP contribution in [0.4, 0.5) is 11.4 Å². The molecule has 10 rings (SSSR count). The van der Waals surface area contributed by atoms with Crippen molar-refractivity contribution in [2.45, 2.75) is 64.4 Å². The van der Waals surface area contributed by atoms with Gasteiger partial charge in [0, 0.05) is 62.8 Å². The lowest BCUT2D eigenvalue weighted by atomic mass is 10.1. The number of Topliss-reactive ketones (excluding diaryl/α,β-unsaturated/α-hetero) is 2. The zero-order valence-electron chi connectivity index (χ0n) is 44.7. The van der Waals surface area contributed by atoms with Gasteiger partial charge in [-0.1, -0.05) is 108 Å². The largest absolute Gasteiger partial charge is 0.478 e. The van der Waals surface area contributed by atoms with Gasteiger partial charge in [0.15, 0.2) is 16.6 Å². The van der Waals surface area contributed by atoms with Crippen LogP contribution in [0.3, 0.4) is 0 Å². The third-order valence-corrected chi connectivity index (χ3v) is 15.4. The van der Waals surface area contributed by atoms with E-state index in [9.17, 15) is 33.9 Å². The van der Waals surface area contributed by atoms with Crippen molar-refractivity contribution in [1.29, 1.82) is 0 Å². The molecule has 0 aliphatic heterocycles. The fraction of sp³-hybridized carbons (Fsp3) is 0.156. The molecule has 14 nitrogen and oxygen atoms in total. The number of likely N-dealkylation sites (N-methyl/N-ethyl adjacent to an activating group) is 1. The predicted octanol–water partition coefficient (Wildman–Crippen LogP) is 14.3. The van der Waals surface area contributed by atoms with Crippen LogP contribution in [-0.2, 0) is 34.7 Å². The standard InChI is InChI=1S/C22H15N3O3S2.C22H21NO2.C20H19ClN2O3/c1-23-17-5-3-2-4-16(17)13-30-22-24-18-10-11-29-19(18)20(26)25(22)12-14-6-8-15(9-7-14)21(27)28;1-16(24)8-11-20-14-15-22(19-6-4-3-5-7-19)23(20)21-12-9-18(10-13-21)17(2)25;1-3-23(14-7-4-12(2)5-8-14)18(24)11-16-15-10-13(21)6-9-17(15)22-19(16)20(25)26/h2-11H,12-13H2,(H,27,28);3-7,9-10,12-15H,8,11H2,1-2H3;4-10,22H,3,11H2,1-2H3,(H,25,26). The van der Waals surface area contributed by atoms with E-state index in [1.54, 1.807) is 59.7 Å². The highest BCUT2D eigenvalue weighted by Crippen LogP contribution is 2.31. The first-order valence-electron chi connectivity index (χ1n) is 25.7. The van der Waals surface area contributed by atoms with Crippen LogP contribution in [0.1, 0.15) is 86.3 Å². The molecule has 0 atom stereocenters. The molecule has 10 aromatic rings. The van der Waals surface area contributed by atoms with Crippen LogP contribution in [0.5, 0.6) is 0 Å². The number of rotatable bonds is 17. The van der Waals surface area contributed by atoms with Gasteiger partial charge in [-0.15, -0.1) is 11.3 Å². The van der Waals surface area contributed by atoms with Crippen LogP contribution >= 0.6 is 34.7 Å². The van der Waals surface area contributed by atoms with Crippen molar-refractivity contribution < 1.29 is 34.2 Å². The number of hydrogen-bond acceptors (Lipinski definition) is 9. The van der Waals surface area contributed by atoms with Crippen LogP contribution in [0.15, 0.2) is 179 Å². The Bertz CT molecular complexity index is 4030. The summed E-state index contributed by atoms with van der Waals surface area (Å²) in [5.74, 6) is -1.51. The smallest absolute Gasteiger partial charge is 0.352 e. The molecule has 0 aliphatic rings. The number of carboxylic acid groups (broad SMARTS) is 2. The Labute approximate surface area is 480 Å². The van der Waals surface area contributed by atoms with E-state index < -0.39 is 11.9 Å². The number of ketones is 2. The molecule has 0 unspecified atom stereocenters. The minimum Gasteiger partial charge on any atom is -0.478 e. The van der Waals surface area contributed by atoms with E-state index >= 15 is 0 Å². The average molecular weight is 1140 g/mol. The summed E-state index contributed by atoms with van der Waals surface area (Å²) in [5, 5.41) is 22.1. The maximum atomic E-state index is 13.1. The van der Waals surface area contributed by atoms with Crippen molar-refractivity contribution in [3.8, 4) is 16.9 Å². The first kappa shape index (κ1) is 58.0. The van der Waals surface area contributed by atoms with Gasteiger partial charge in [0.1, 0.15) is 16.2 Å². The number of benzene rings is 6. The number of aromatic carboxylic acids is 2. The number of carbonyl (C=O) groups is 5. The molecule has 0 bridgehead atoms. The van der Waals surface area contributed by atoms with Crippen LogP contribution in [0.25, 0.3) is 42.9 Å². The molecule has 17 heteroatoms. The average Bonchev–Trinajstić information content (AvgIpc) is 4.24. The number of para-hydroxylation sites is 1. The van der Waals surface area contributed by atoms with Crippen LogP contribution in [0.2, 0.25) is 5.02 Å². The number of nitrogens with zero attached hydrogens (tertiary/aromatic N) is 5. The summed E-state index contributed by atoms with van der Waals surface area (Å²) >= 11 is 8.82. The number of aryl methyl sites for hydroxylation is 2. The number of thioether (sulfide) groups is 1. The molecule has 0 spiro atoms. The van der Waals surface area contributed by atoms with E-state index in [-0.39, 0.29) is 47.3 Å². The molecular weight excluding hydrogens is 1080 g/mol. The van der Waals surface area contributed by atoms with Crippen LogP contribution < -0.4 is 10.5 Å². The molecule has 0 fully saturated rings. The Morgan fingerprint density at radius 3 is 2.15 bits per heavy atom. The van der Waals surface area contributed by atoms with Crippen molar-refractivity contribution in [1.82, 2.24) is 19.1 Å². The molecule has 3 N–H and O–H groups in total. The maximum Gasteiger partial charge on any atom is 0.352 e. The summed E-state index contributed by atoms with van der Waals surface area (Å²) < 4.78 is 4.37. The number of amides is 1. The Hall–Kier alpha value is -9.14. The molecule has 1 amide bonds. The molecular formula is C64H55ClN6O8S2. The van der Waals surface area contributed by atoms with E-state index in [2.05, 4.69) is 43.6 Å². The van der Waals surface area contributed by atoms with E-state index in [1.165, 1.54) is 35.2 Å². The molecule has 4 aromatic heterocycles. The summed E-state index contributed by atoms with van der Waals surface area (Å²) in [7, 11) is 0. The Balaban J connectivity index is 0.000000160. The molecule has 81 heavy (non-hydrogen) atoms. The molecule has 0 saturated heterocycles. The Morgan fingerprint density at radius 2 is 1.49 bits per heavy atom. The number of fused-ring (bicyclic) bond motifs is 2. The molecule has 0 saturated carbocycles. The third kappa shape index (κ3) is 14.2. The van der Waals surface area contributed by atoms with Crippen molar-refractivity contribution in [2.75, 3.05) is 11.4 Å². The van der Waals surface area contributed by atoms with Gasteiger partial charge in [0.2, 0.25) is 5.91 Å². The van der Waals surface area contributed by atoms with Gasteiger partial charge in [0.25, 0.3) is 5.56 Å². The summed E-state index contributed by atoms with van der Waals surface area (Å²) in [6, 6.07) is 50.4. The van der Waals surface area contributed by atoms with Crippen LogP contribution in [0, 0.1) is 13.5 Å². The second-order valence-corrected chi connectivity index (χ2v) is 21.1. The first-order valence-corrected chi connectivity index (χ1v) is 27.9. The van der Waals surface area contributed by atoms with Crippen molar-refractivity contribution in [2.24, 2.45) is 0 Å². The highest BCUT2D eigenvalue weighted by atomic mass is 35.5. The van der Waals surface area contributed by atoms with Crippen molar-refractivity contribution in [3.05, 3.63) is 241 Å². The number of hydrogen-bond donors (Lipinski definition) is 3. The minimum atomic E-state index is -1.10. The summed E-state index contributed by atoms with van der Waals surface area (Å²) in [4.78, 5) is 84.4. The second-order valence-electron chi connectivity index (χ2n) is 18.8. The van der Waals surface area contributed by atoms with E-state index in [1.807, 2.05) is 110 Å². The lowest BCUT2D eigenvalue weighted by Crippen LogP contribution is -2.32. The summed E-state index contributed by atoms with van der Waals surface area (Å²) in [6.45, 7) is 15.2. The summed E-state index contributed by atoms with van der Waals surface area (Å²) in [6.07, 6.45) is 1.18. The van der Waals surface area contributed by atoms with Crippen LogP contribution in [-0.4, -0.2) is 65.3 Å². The monoisotopic (exact) mass is 1130 g/mol. The zero-order chi connectivity index (χ0) is 57.7. The van der Waals surface area contributed by atoms with Crippen molar-refractivity contribution >= 4 is 96.6 Å². The lowest BCUT2D eigenvalue weighted by molar-refractivity contribution is -0.118. The highest BCUT2D eigenvalue weighted by molar-refractivity contribution is 7.98. The number of carboxylic acids is 2. The number of H-pyrrole nitrogens is 1. The number of halogens is 1. The fourth-order valence-electron chi connectivity index (χ4n) is 9.02. The van der Waals surface area contributed by atoms with Gasteiger partial charge < -0.3 is 29.5 Å². The minimum absolute atomic E-state index is 0.0237. The lowest BCUT2D eigenvalue weighted by Gasteiger charge is -2.21. The molecule has 6 aromatic carbocycles. The number of carbonyl (C=O) groups excluding carboxylic acids is 3. The van der Waals surface area contributed by atoms with Gasteiger partial charge >= 0.3 is 11.9 Å². The van der Waals surface area contributed by atoms with Gasteiger partial charge in [-0.25, -0.2) is 19.4 Å². The highest BCUT2D eigenvalue weighted by Gasteiger charge is 2.23. The van der Waals surface area contributed by atoms with Crippen molar-refractivity contribution in [3.63, 3.8) is 0 Å². The normalized spacial score (nSPS) is 10.8. The molecule has 0 radical (unpaired) electrons. The van der Waals surface area contributed by atoms with Gasteiger partial charge in [0.05, 0.1) is 36.3 Å². The SMILES string of the molecule is CC(=O)CCc1ccc(-c2ccccc2)n1-c1ccc(C(C)=O)cc1.CCN(C(=O)Cc1c(C(=O)O)[nH]c2ccc(Cl)cc12)c1ccc(C)cc1.[C-]#[N+]c1ccccc1CSc1nc2ccsc2c(=O)n1Cc1ccc(C(=O)O)cc1. The number of aromatic amines is 1. The summed E-state index contributed by atoms with van der Waals surface area (Å²) in [5.41, 5.74) is 11.0. The van der Waals surface area contributed by atoms with E-state index in [4.69, 9.17) is 23.3 Å². The van der Waals surface area contributed by atoms with E-state index in [0.717, 1.165) is 45.0 Å². The number of anilines is 1. The fourth-order valence-corrected chi connectivity index (χ4v) is 11.0. The predicted molar refractivity (Wildman–Crippen MR) is 322 cm³/mol. The third-order valence-electron chi connectivity index (χ3n) is 13.2. The molecule has 4 heterocycles.